The van der Waals surface area contributed by atoms with Gasteiger partial charge >= 0.3 is 0 Å². The minimum absolute atomic E-state index is 0.298. The van der Waals surface area contributed by atoms with Gasteiger partial charge in [0.15, 0.2) is 0 Å². The van der Waals surface area contributed by atoms with Crippen LogP contribution in [-0.2, 0) is 6.54 Å². The van der Waals surface area contributed by atoms with E-state index in [0.29, 0.717) is 6.04 Å². The third kappa shape index (κ3) is 3.26. The summed E-state index contributed by atoms with van der Waals surface area (Å²) >= 11 is 3.42. The van der Waals surface area contributed by atoms with Gasteiger partial charge in [0.25, 0.3) is 0 Å². The number of thiophene rings is 2. The molecular formula is C15H19NOS2. The summed E-state index contributed by atoms with van der Waals surface area (Å²) in [5.74, 6) is 0. The van der Waals surface area contributed by atoms with E-state index in [1.54, 1.807) is 22.7 Å². The molecule has 2 aromatic rings. The van der Waals surface area contributed by atoms with E-state index >= 15 is 0 Å². The first-order valence-corrected chi connectivity index (χ1v) is 8.62. The first-order chi connectivity index (χ1) is 9.33. The van der Waals surface area contributed by atoms with Crippen LogP contribution in [0, 0.1) is 0 Å². The average molecular weight is 293 g/mol. The molecule has 2 aromatic heterocycles. The summed E-state index contributed by atoms with van der Waals surface area (Å²) in [5.41, 5.74) is 1.41. The normalized spacial score (nSPS) is 21.8. The second-order valence-corrected chi connectivity index (χ2v) is 6.92. The number of nitrogens with zero attached hydrogens (tertiary/aromatic N) is 1. The Morgan fingerprint density at radius 1 is 1.37 bits per heavy atom. The van der Waals surface area contributed by atoms with E-state index in [2.05, 4.69) is 21.7 Å². The fraction of sp³-hybridized carbons (Fsp3) is 0.467. The highest BCUT2D eigenvalue weighted by Crippen LogP contribution is 2.30. The number of aliphatic hydroxyl groups excluding tert-OH is 1. The molecule has 0 saturated carbocycles. The van der Waals surface area contributed by atoms with Gasteiger partial charge in [0.2, 0.25) is 0 Å². The molecule has 0 spiro atoms. The minimum atomic E-state index is -0.298. The first kappa shape index (κ1) is 13.3. The molecule has 1 N–H and O–H groups in total. The zero-order chi connectivity index (χ0) is 13.1. The Labute approximate surface area is 122 Å². The molecule has 1 saturated heterocycles. The Morgan fingerprint density at radius 2 is 2.32 bits per heavy atom. The van der Waals surface area contributed by atoms with Crippen LogP contribution in [0.15, 0.2) is 34.3 Å². The van der Waals surface area contributed by atoms with Crippen LogP contribution < -0.4 is 0 Å². The van der Waals surface area contributed by atoms with Crippen molar-refractivity contribution in [3.63, 3.8) is 0 Å². The molecule has 0 radical (unpaired) electrons. The Morgan fingerprint density at radius 3 is 3.05 bits per heavy atom. The highest BCUT2D eigenvalue weighted by Gasteiger charge is 2.27. The summed E-state index contributed by atoms with van der Waals surface area (Å²) < 4.78 is 0. The molecule has 1 aliphatic heterocycles. The van der Waals surface area contributed by atoms with Crippen LogP contribution in [-0.4, -0.2) is 22.6 Å². The largest absolute Gasteiger partial charge is 0.388 e. The summed E-state index contributed by atoms with van der Waals surface area (Å²) in [6.07, 6.45) is 3.04. The molecule has 102 valence electrons. The lowest BCUT2D eigenvalue weighted by Gasteiger charge is -2.25. The van der Waals surface area contributed by atoms with Crippen LogP contribution in [0.2, 0.25) is 0 Å². The predicted octanol–water partition coefficient (Wildman–Crippen LogP) is 3.90. The first-order valence-electron chi connectivity index (χ1n) is 6.79. The standard InChI is InChI=1S/C15H19NOS2/c17-14(15-4-2-7-19-15)9-13-3-1-6-16(13)10-12-5-8-18-11-12/h2,4-5,7-8,11,13-14,17H,1,3,6,9-10H2. The number of hydrogen-bond donors (Lipinski definition) is 1. The average Bonchev–Trinajstić information content (AvgIpc) is 3.12. The van der Waals surface area contributed by atoms with Crippen LogP contribution in [0.3, 0.4) is 0 Å². The van der Waals surface area contributed by atoms with Gasteiger partial charge in [-0.3, -0.25) is 4.90 Å². The lowest BCUT2D eigenvalue weighted by Crippen LogP contribution is -2.30. The fourth-order valence-corrected chi connectivity index (χ4v) is 4.23. The van der Waals surface area contributed by atoms with Crippen molar-refractivity contribution in [3.8, 4) is 0 Å². The van der Waals surface area contributed by atoms with E-state index in [1.807, 2.05) is 17.5 Å². The van der Waals surface area contributed by atoms with E-state index < -0.39 is 0 Å². The van der Waals surface area contributed by atoms with Crippen molar-refractivity contribution in [3.05, 3.63) is 44.8 Å². The van der Waals surface area contributed by atoms with Gasteiger partial charge in [-0.1, -0.05) is 6.07 Å². The Kier molecular flexibility index (Phi) is 4.33. The van der Waals surface area contributed by atoms with Crippen molar-refractivity contribution in [1.29, 1.82) is 0 Å². The van der Waals surface area contributed by atoms with E-state index in [9.17, 15) is 5.11 Å². The van der Waals surface area contributed by atoms with Gasteiger partial charge in [-0.25, -0.2) is 0 Å². The zero-order valence-electron chi connectivity index (χ0n) is 10.9. The highest BCUT2D eigenvalue weighted by molar-refractivity contribution is 7.10. The van der Waals surface area contributed by atoms with Crippen molar-refractivity contribution < 1.29 is 5.11 Å². The molecule has 1 fully saturated rings. The minimum Gasteiger partial charge on any atom is -0.388 e. The van der Waals surface area contributed by atoms with Gasteiger partial charge in [0, 0.05) is 17.5 Å². The topological polar surface area (TPSA) is 23.5 Å². The molecular weight excluding hydrogens is 274 g/mol. The molecule has 4 heteroatoms. The van der Waals surface area contributed by atoms with Crippen LogP contribution in [0.4, 0.5) is 0 Å². The Balaban J connectivity index is 1.60. The molecule has 3 heterocycles. The molecule has 0 aliphatic carbocycles. The Hall–Kier alpha value is -0.680. The molecule has 0 aromatic carbocycles. The summed E-state index contributed by atoms with van der Waals surface area (Å²) in [7, 11) is 0. The second-order valence-electron chi connectivity index (χ2n) is 5.17. The van der Waals surface area contributed by atoms with Gasteiger partial charge in [-0.15, -0.1) is 11.3 Å². The van der Waals surface area contributed by atoms with Gasteiger partial charge in [-0.05, 0) is 59.6 Å². The number of rotatable bonds is 5. The maximum Gasteiger partial charge on any atom is 0.0896 e. The SMILES string of the molecule is OC(CC1CCCN1Cc1ccsc1)c1cccs1. The molecule has 2 unspecified atom stereocenters. The molecule has 0 amide bonds. The van der Waals surface area contributed by atoms with E-state index in [-0.39, 0.29) is 6.10 Å². The second kappa shape index (κ2) is 6.18. The fourth-order valence-electron chi connectivity index (χ4n) is 2.84. The van der Waals surface area contributed by atoms with Gasteiger partial charge in [0.05, 0.1) is 6.10 Å². The molecule has 1 aliphatic rings. The molecule has 2 nitrogen and oxygen atoms in total. The summed E-state index contributed by atoms with van der Waals surface area (Å²) in [6.45, 7) is 2.20. The van der Waals surface area contributed by atoms with Gasteiger partial charge < -0.3 is 5.11 Å². The van der Waals surface area contributed by atoms with Crippen LogP contribution >= 0.6 is 22.7 Å². The lowest BCUT2D eigenvalue weighted by atomic mass is 10.1. The monoisotopic (exact) mass is 293 g/mol. The van der Waals surface area contributed by atoms with Crippen molar-refractivity contribution in [2.45, 2.75) is 38.0 Å². The van der Waals surface area contributed by atoms with E-state index in [4.69, 9.17) is 0 Å². The zero-order valence-corrected chi connectivity index (χ0v) is 12.5. The number of likely N-dealkylation sites (tertiary alicyclic amines) is 1. The maximum absolute atomic E-state index is 10.3. The van der Waals surface area contributed by atoms with Crippen molar-refractivity contribution >= 4 is 22.7 Å². The van der Waals surface area contributed by atoms with Gasteiger partial charge in [0.1, 0.15) is 0 Å². The molecule has 3 rings (SSSR count). The van der Waals surface area contributed by atoms with Crippen molar-refractivity contribution in [1.82, 2.24) is 4.90 Å². The quantitative estimate of drug-likeness (QED) is 0.904. The lowest BCUT2D eigenvalue weighted by molar-refractivity contribution is 0.120. The third-order valence-electron chi connectivity index (χ3n) is 3.83. The Bertz CT molecular complexity index is 480. The van der Waals surface area contributed by atoms with Crippen molar-refractivity contribution in [2.24, 2.45) is 0 Å². The highest BCUT2D eigenvalue weighted by atomic mass is 32.1. The molecule has 19 heavy (non-hydrogen) atoms. The number of aliphatic hydroxyl groups is 1. The third-order valence-corrected chi connectivity index (χ3v) is 5.54. The van der Waals surface area contributed by atoms with E-state index in [0.717, 1.165) is 24.4 Å². The predicted molar refractivity (Wildman–Crippen MR) is 81.6 cm³/mol. The summed E-state index contributed by atoms with van der Waals surface area (Å²) in [5, 5.41) is 16.7. The molecule has 2 atom stereocenters. The number of hydrogen-bond acceptors (Lipinski definition) is 4. The molecule has 0 bridgehead atoms. The van der Waals surface area contributed by atoms with Crippen LogP contribution in [0.5, 0.6) is 0 Å². The summed E-state index contributed by atoms with van der Waals surface area (Å²) in [4.78, 5) is 3.63. The maximum atomic E-state index is 10.3. The van der Waals surface area contributed by atoms with Crippen LogP contribution in [0.25, 0.3) is 0 Å². The van der Waals surface area contributed by atoms with Crippen LogP contribution in [0.1, 0.15) is 35.8 Å². The summed E-state index contributed by atoms with van der Waals surface area (Å²) in [6, 6.07) is 6.78. The van der Waals surface area contributed by atoms with Crippen molar-refractivity contribution in [2.75, 3.05) is 6.54 Å². The van der Waals surface area contributed by atoms with E-state index in [1.165, 1.54) is 18.4 Å². The smallest absolute Gasteiger partial charge is 0.0896 e. The van der Waals surface area contributed by atoms with Gasteiger partial charge in [-0.2, -0.15) is 11.3 Å².